The van der Waals surface area contributed by atoms with Crippen molar-refractivity contribution in [3.8, 4) is 5.75 Å². The number of benzene rings is 1. The summed E-state index contributed by atoms with van der Waals surface area (Å²) in [6.07, 6.45) is -4.82. The van der Waals surface area contributed by atoms with Crippen LogP contribution < -0.4 is 20.1 Å². The van der Waals surface area contributed by atoms with Gasteiger partial charge in [-0.3, -0.25) is 4.79 Å². The van der Waals surface area contributed by atoms with Gasteiger partial charge >= 0.3 is 6.18 Å². The Kier molecular flexibility index (Phi) is 6.74. The van der Waals surface area contributed by atoms with Gasteiger partial charge in [0.2, 0.25) is 11.7 Å². The average molecular weight is 510 g/mol. The molecule has 0 bridgehead atoms. The summed E-state index contributed by atoms with van der Waals surface area (Å²) in [7, 11) is -2.42. The Bertz CT molecular complexity index is 1210. The predicted octanol–water partition coefficient (Wildman–Crippen LogP) is 2.18. The Morgan fingerprint density at radius 3 is 2.50 bits per heavy atom. The van der Waals surface area contributed by atoms with Gasteiger partial charge in [-0.25, -0.2) is 22.9 Å². The van der Waals surface area contributed by atoms with Crippen LogP contribution in [0.25, 0.3) is 0 Å². The van der Waals surface area contributed by atoms with E-state index in [9.17, 15) is 35.2 Å². The number of methoxy groups -OCH3 is 2. The van der Waals surface area contributed by atoms with Gasteiger partial charge in [-0.2, -0.15) is 17.6 Å². The van der Waals surface area contributed by atoms with Crippen molar-refractivity contribution >= 4 is 27.3 Å². The van der Waals surface area contributed by atoms with Crippen LogP contribution in [0.2, 0.25) is 0 Å². The molecule has 186 valence electrons. The van der Waals surface area contributed by atoms with Gasteiger partial charge < -0.3 is 19.7 Å². The number of hydrogen-bond donors (Lipinski definition) is 2. The molecular weight excluding hydrogens is 491 g/mol. The second-order valence-electron chi connectivity index (χ2n) is 7.37. The van der Waals surface area contributed by atoms with Gasteiger partial charge in [0.05, 0.1) is 19.3 Å². The highest BCUT2D eigenvalue weighted by atomic mass is 32.2. The fourth-order valence-corrected chi connectivity index (χ4v) is 4.14. The second kappa shape index (κ2) is 8.96. The minimum Gasteiger partial charge on any atom is -0.491 e. The van der Waals surface area contributed by atoms with E-state index in [1.165, 1.54) is 6.07 Å². The number of hydrogen-bond acceptors (Lipinski definition) is 7. The van der Waals surface area contributed by atoms with Crippen molar-refractivity contribution in [3.63, 3.8) is 0 Å². The van der Waals surface area contributed by atoms with E-state index >= 15 is 0 Å². The molecule has 1 aliphatic heterocycles. The van der Waals surface area contributed by atoms with E-state index in [2.05, 4.69) is 10.3 Å². The number of amides is 1. The second-order valence-corrected chi connectivity index (χ2v) is 8.88. The molecule has 1 saturated heterocycles. The Labute approximate surface area is 190 Å². The number of pyridine rings is 1. The molecule has 1 aliphatic rings. The zero-order valence-corrected chi connectivity index (χ0v) is 18.5. The van der Waals surface area contributed by atoms with Crippen molar-refractivity contribution in [1.82, 2.24) is 4.98 Å². The third-order valence-corrected chi connectivity index (χ3v) is 6.18. The fraction of sp³-hybridized carbons (Fsp3) is 0.368. The predicted molar refractivity (Wildman–Crippen MR) is 109 cm³/mol. The number of primary sulfonamides is 1. The molecule has 2 unspecified atom stereocenters. The number of nitrogens with one attached hydrogen (secondary N) is 1. The molecule has 15 heteroatoms. The summed E-state index contributed by atoms with van der Waals surface area (Å²) in [5.41, 5.74) is -3.26. The van der Waals surface area contributed by atoms with Gasteiger partial charge in [-0.1, -0.05) is 0 Å². The number of nitrogens with zero attached hydrogens (tertiary/aromatic N) is 2. The van der Waals surface area contributed by atoms with Gasteiger partial charge in [0.15, 0.2) is 22.2 Å². The van der Waals surface area contributed by atoms with Crippen LogP contribution in [0.3, 0.4) is 0 Å². The number of rotatable bonds is 6. The Balaban J connectivity index is 2.06. The van der Waals surface area contributed by atoms with E-state index in [4.69, 9.17) is 14.6 Å². The first-order chi connectivity index (χ1) is 15.7. The first-order valence-electron chi connectivity index (χ1n) is 9.44. The maximum absolute atomic E-state index is 14.3. The molecule has 2 heterocycles. The van der Waals surface area contributed by atoms with Gasteiger partial charge in [0.1, 0.15) is 6.04 Å². The molecule has 34 heavy (non-hydrogen) atoms. The van der Waals surface area contributed by atoms with Crippen molar-refractivity contribution in [1.29, 1.82) is 0 Å². The maximum atomic E-state index is 14.3. The Hall–Kier alpha value is -3.04. The lowest BCUT2D eigenvalue weighted by Crippen LogP contribution is -2.49. The van der Waals surface area contributed by atoms with Gasteiger partial charge in [0, 0.05) is 31.5 Å². The molecule has 0 saturated carbocycles. The molecule has 2 aromatic rings. The van der Waals surface area contributed by atoms with Crippen molar-refractivity contribution in [3.05, 3.63) is 42.1 Å². The minimum absolute atomic E-state index is 0.122. The molecule has 1 aromatic heterocycles. The number of halogens is 5. The summed E-state index contributed by atoms with van der Waals surface area (Å²) < 4.78 is 102. The summed E-state index contributed by atoms with van der Waals surface area (Å²) >= 11 is 0. The standard InChI is InChI=1S/C19H19F5N4O5S/c1-32-16-12(4-3-11(20)15(16)21)28-9-18(33-2,19(22,23)24)8-13(28)17(29)27-10-5-6-26-14(7-10)34(25,30)31/h3-7,13H,8-9H2,1-2H3,(H2,25,30,31)(H,26,27,29). The van der Waals surface area contributed by atoms with E-state index in [-0.39, 0.29) is 11.4 Å². The Morgan fingerprint density at radius 2 is 1.94 bits per heavy atom. The number of anilines is 2. The molecule has 3 rings (SSSR count). The van der Waals surface area contributed by atoms with Crippen molar-refractivity contribution in [2.75, 3.05) is 31.0 Å². The number of carbonyl (C=O) groups excluding carboxylic acids is 1. The third-order valence-electron chi connectivity index (χ3n) is 5.37. The highest BCUT2D eigenvalue weighted by Gasteiger charge is 2.63. The lowest BCUT2D eigenvalue weighted by molar-refractivity contribution is -0.261. The van der Waals surface area contributed by atoms with E-state index in [1.807, 2.05) is 0 Å². The first kappa shape index (κ1) is 25.6. The molecular formula is C19H19F5N4O5S. The SMILES string of the molecule is COc1c(N2CC(OC)(C(F)(F)F)CC2C(=O)Nc2ccnc(S(N)(=O)=O)c2)ccc(F)c1F. The minimum atomic E-state index is -4.93. The fourth-order valence-electron chi connectivity index (χ4n) is 3.64. The van der Waals surface area contributed by atoms with Gasteiger partial charge in [0.25, 0.3) is 10.0 Å². The molecule has 0 spiro atoms. The largest absolute Gasteiger partial charge is 0.491 e. The van der Waals surface area contributed by atoms with Gasteiger partial charge in [-0.05, 0) is 18.2 Å². The molecule has 1 amide bonds. The molecule has 0 radical (unpaired) electrons. The number of aromatic nitrogens is 1. The monoisotopic (exact) mass is 510 g/mol. The van der Waals surface area contributed by atoms with Crippen molar-refractivity contribution in [2.24, 2.45) is 5.14 Å². The number of alkyl halides is 3. The van der Waals surface area contributed by atoms with E-state index in [0.717, 1.165) is 37.4 Å². The lowest BCUT2D eigenvalue weighted by atomic mass is 9.99. The summed E-state index contributed by atoms with van der Waals surface area (Å²) in [6.45, 7) is -0.939. The van der Waals surface area contributed by atoms with Crippen LogP contribution in [-0.4, -0.2) is 57.9 Å². The van der Waals surface area contributed by atoms with E-state index in [0.29, 0.717) is 6.07 Å². The smallest absolute Gasteiger partial charge is 0.419 e. The highest BCUT2D eigenvalue weighted by Crippen LogP contribution is 2.47. The quantitative estimate of drug-likeness (QED) is 0.571. The van der Waals surface area contributed by atoms with Crippen LogP contribution in [0.5, 0.6) is 5.75 Å². The zero-order valence-electron chi connectivity index (χ0n) is 17.7. The van der Waals surface area contributed by atoms with Crippen LogP contribution in [0.15, 0.2) is 35.5 Å². The summed E-state index contributed by atoms with van der Waals surface area (Å²) in [5, 5.41) is 6.72. The van der Waals surface area contributed by atoms with Crippen LogP contribution >= 0.6 is 0 Å². The number of sulfonamides is 1. The number of carbonyl (C=O) groups is 1. The summed E-state index contributed by atoms with van der Waals surface area (Å²) in [6, 6.07) is 2.16. The van der Waals surface area contributed by atoms with E-state index in [1.54, 1.807) is 0 Å². The summed E-state index contributed by atoms with van der Waals surface area (Å²) in [5.74, 6) is -4.47. The molecule has 0 aliphatic carbocycles. The first-order valence-corrected chi connectivity index (χ1v) is 11.0. The van der Waals surface area contributed by atoms with Crippen LogP contribution in [-0.2, 0) is 19.6 Å². The summed E-state index contributed by atoms with van der Waals surface area (Å²) in [4.78, 5) is 17.5. The Morgan fingerprint density at radius 1 is 1.26 bits per heavy atom. The number of nitrogens with two attached hydrogens (primary N) is 1. The average Bonchev–Trinajstić information content (AvgIpc) is 3.16. The molecule has 3 N–H and O–H groups in total. The van der Waals surface area contributed by atoms with E-state index < -0.39 is 69.1 Å². The normalized spacial score (nSPS) is 20.9. The number of ether oxygens (including phenoxy) is 2. The van der Waals surface area contributed by atoms with Gasteiger partial charge in [-0.15, -0.1) is 0 Å². The van der Waals surface area contributed by atoms with Crippen molar-refractivity contribution in [2.45, 2.75) is 29.3 Å². The molecule has 2 atom stereocenters. The lowest BCUT2D eigenvalue weighted by Gasteiger charge is -2.31. The third kappa shape index (κ3) is 4.63. The van der Waals surface area contributed by atoms with Crippen LogP contribution in [0, 0.1) is 11.6 Å². The maximum Gasteiger partial charge on any atom is 0.419 e. The van der Waals surface area contributed by atoms with Crippen LogP contribution in [0.4, 0.5) is 33.3 Å². The molecule has 1 fully saturated rings. The van der Waals surface area contributed by atoms with Crippen LogP contribution in [0.1, 0.15) is 6.42 Å². The van der Waals surface area contributed by atoms with Crippen molar-refractivity contribution < 1.29 is 44.6 Å². The zero-order chi connectivity index (χ0) is 25.5. The molecule has 9 nitrogen and oxygen atoms in total. The molecule has 1 aromatic carbocycles. The highest BCUT2D eigenvalue weighted by molar-refractivity contribution is 7.89. The topological polar surface area (TPSA) is 124 Å².